The van der Waals surface area contributed by atoms with E-state index >= 15 is 0 Å². The molecule has 1 unspecified atom stereocenters. The molecule has 7 fully saturated rings. The lowest BCUT2D eigenvalue weighted by atomic mass is 9.42. The molecular weight excluding hydrogens is 648 g/mol. The zero-order chi connectivity index (χ0) is 35.7. The molecule has 2 heterocycles. The summed E-state index contributed by atoms with van der Waals surface area (Å²) in [4.78, 5) is 55.3. The van der Waals surface area contributed by atoms with E-state index in [4.69, 9.17) is 18.9 Å². The lowest BCUT2D eigenvalue weighted by Gasteiger charge is -2.70. The number of ether oxygens (including phenoxy) is 4. The Bertz CT molecular complexity index is 1640. The molecule has 2 saturated heterocycles. The Morgan fingerprint density at radius 1 is 1.10 bits per heavy atom. The van der Waals surface area contributed by atoms with Crippen molar-refractivity contribution >= 4 is 29.4 Å². The summed E-state index contributed by atoms with van der Waals surface area (Å²) in [6.45, 7) is 5.91. The highest BCUT2D eigenvalue weighted by Crippen LogP contribution is 2.80. The molecule has 272 valence electrons. The van der Waals surface area contributed by atoms with Crippen LogP contribution in [-0.4, -0.2) is 120 Å². The van der Waals surface area contributed by atoms with E-state index < -0.39 is 82.0 Å². The van der Waals surface area contributed by atoms with E-state index in [9.17, 15) is 34.5 Å². The van der Waals surface area contributed by atoms with Crippen molar-refractivity contribution in [1.82, 2.24) is 4.90 Å². The molecule has 1 spiro atoms. The van der Waals surface area contributed by atoms with Crippen LogP contribution < -0.4 is 4.90 Å². The molecule has 2 aliphatic heterocycles. The molecular formula is C37H48N2O11. The number of esters is 2. The number of benzene rings is 1. The second-order valence-corrected chi connectivity index (χ2v) is 16.1. The van der Waals surface area contributed by atoms with Crippen molar-refractivity contribution in [3.05, 3.63) is 29.8 Å². The smallest absolute Gasteiger partial charge is 0.340 e. The summed E-state index contributed by atoms with van der Waals surface area (Å²) >= 11 is 0. The number of fused-ring (bicyclic) bond motifs is 2. The number of aliphatic hydroxyl groups is 3. The van der Waals surface area contributed by atoms with E-state index in [0.717, 1.165) is 4.90 Å². The first-order valence-electron chi connectivity index (χ1n) is 18.0. The number of anilines is 1. The number of likely N-dealkylation sites (tertiary alicyclic amines) is 1. The largest absolute Gasteiger partial charge is 0.462 e. The Morgan fingerprint density at radius 3 is 2.48 bits per heavy atom. The molecule has 14 atom stereocenters. The van der Waals surface area contributed by atoms with Crippen molar-refractivity contribution in [2.24, 2.45) is 40.4 Å². The van der Waals surface area contributed by atoms with Crippen LogP contribution in [0.3, 0.4) is 0 Å². The van der Waals surface area contributed by atoms with Crippen LogP contribution in [0.4, 0.5) is 5.69 Å². The molecule has 2 amide bonds. The van der Waals surface area contributed by atoms with Gasteiger partial charge >= 0.3 is 11.9 Å². The van der Waals surface area contributed by atoms with Gasteiger partial charge in [0.1, 0.15) is 17.3 Å². The molecule has 3 N–H and O–H groups in total. The number of carbonyl (C=O) groups is 4. The maximum absolute atomic E-state index is 14.0. The van der Waals surface area contributed by atoms with E-state index in [0.29, 0.717) is 32.4 Å². The summed E-state index contributed by atoms with van der Waals surface area (Å²) < 4.78 is 24.7. The monoisotopic (exact) mass is 696 g/mol. The van der Waals surface area contributed by atoms with Gasteiger partial charge in [0, 0.05) is 75.0 Å². The summed E-state index contributed by atoms with van der Waals surface area (Å²) in [6.07, 6.45) is -1.47. The fourth-order valence-corrected chi connectivity index (χ4v) is 13.0. The highest BCUT2D eigenvalue weighted by Gasteiger charge is 2.91. The van der Waals surface area contributed by atoms with Gasteiger partial charge in [-0.05, 0) is 43.9 Å². The number of methoxy groups -OCH3 is 2. The lowest BCUT2D eigenvalue weighted by molar-refractivity contribution is -0.318. The number of likely N-dealkylation sites (N-methyl/N-ethyl adjacent to an activating group) is 1. The van der Waals surface area contributed by atoms with Crippen LogP contribution in [0.15, 0.2) is 24.3 Å². The molecule has 1 aromatic rings. The zero-order valence-corrected chi connectivity index (χ0v) is 29.2. The summed E-state index contributed by atoms with van der Waals surface area (Å²) in [6, 6.07) is 5.84. The quantitative estimate of drug-likeness (QED) is 0.263. The SMILES string of the molecule is CCN1C[C@]2(COC(=O)c3ccccc3N3C(=O)C[C@H](C)C3=O)CC[C@H](OC)[C@]34C1[C@](O)([C@@H](OC)[C@H]23)[C@@]1(O)C[C@H](OC(C)=O)[C@H]2C[C@@H]4[C@@H]1[C@H]2O. The molecule has 5 aliphatic carbocycles. The first kappa shape index (κ1) is 34.2. The van der Waals surface area contributed by atoms with Gasteiger partial charge in [0.25, 0.3) is 0 Å². The number of imide groups is 1. The Morgan fingerprint density at radius 2 is 1.84 bits per heavy atom. The number of para-hydroxylation sites is 1. The predicted octanol–water partition coefficient (Wildman–Crippen LogP) is 1.30. The van der Waals surface area contributed by atoms with Crippen LogP contribution in [-0.2, 0) is 33.3 Å². The average molecular weight is 697 g/mol. The summed E-state index contributed by atoms with van der Waals surface area (Å²) in [7, 11) is 3.19. The van der Waals surface area contributed by atoms with Crippen LogP contribution in [0.5, 0.6) is 0 Å². The number of rotatable bonds is 8. The topological polar surface area (TPSA) is 172 Å². The molecule has 1 aromatic carbocycles. The molecule has 13 nitrogen and oxygen atoms in total. The van der Waals surface area contributed by atoms with E-state index in [1.807, 2.05) is 6.92 Å². The molecule has 0 radical (unpaired) electrons. The number of aliphatic hydroxyl groups excluding tert-OH is 1. The third kappa shape index (κ3) is 3.94. The van der Waals surface area contributed by atoms with Gasteiger partial charge in [-0.15, -0.1) is 0 Å². The van der Waals surface area contributed by atoms with E-state index in [1.54, 1.807) is 38.3 Å². The Kier molecular flexibility index (Phi) is 7.71. The minimum Gasteiger partial charge on any atom is -0.462 e. The fraction of sp³-hybridized carbons (Fsp3) is 0.730. The van der Waals surface area contributed by atoms with Crippen molar-refractivity contribution in [3.63, 3.8) is 0 Å². The van der Waals surface area contributed by atoms with E-state index in [-0.39, 0.29) is 54.5 Å². The van der Waals surface area contributed by atoms with Gasteiger partial charge in [-0.2, -0.15) is 0 Å². The number of nitrogens with zero attached hydrogens (tertiary/aromatic N) is 2. The van der Waals surface area contributed by atoms with Crippen LogP contribution in [0, 0.1) is 40.4 Å². The van der Waals surface area contributed by atoms with Crippen molar-refractivity contribution in [2.45, 2.75) is 94.5 Å². The highest BCUT2D eigenvalue weighted by atomic mass is 16.5. The number of amides is 2. The van der Waals surface area contributed by atoms with Gasteiger partial charge in [0.15, 0.2) is 0 Å². The molecule has 7 aliphatic rings. The standard InChI is InChI=1S/C37H48N2O11/c1-6-38-16-34(17-49-32(44)20-9-7-8-10-23(20)39-26(41)13-18(2)31(39)43)12-11-25(47-4)36-22-14-21-24(50-19(3)40)15-35(45,27(22)28(21)42)37(46,33(36)38)30(48-5)29(34)36/h7-10,18,21-22,24-25,27-30,33,42,45-46H,6,11-17H2,1-5H3/t18-,21+,22+,24-,25-,27+,28-,29+,30-,33?,34-,35+,36-,37+/m0/s1. The molecule has 5 saturated carbocycles. The zero-order valence-electron chi connectivity index (χ0n) is 29.2. The lowest BCUT2D eigenvalue weighted by Crippen LogP contribution is -2.82. The number of hydrogen-bond donors (Lipinski definition) is 3. The second-order valence-electron chi connectivity index (χ2n) is 16.1. The summed E-state index contributed by atoms with van der Waals surface area (Å²) in [5.74, 6) is -4.33. The Balaban J connectivity index is 1.22. The van der Waals surface area contributed by atoms with Crippen molar-refractivity contribution in [3.8, 4) is 0 Å². The summed E-state index contributed by atoms with van der Waals surface area (Å²) in [5, 5.41) is 38.2. The number of carbonyl (C=O) groups excluding carboxylic acids is 4. The van der Waals surface area contributed by atoms with Gasteiger partial charge in [-0.25, -0.2) is 9.69 Å². The third-order valence-electron chi connectivity index (χ3n) is 14.3. The Labute approximate surface area is 291 Å². The fourth-order valence-electron chi connectivity index (χ4n) is 13.0. The normalized spacial score (nSPS) is 47.1. The first-order chi connectivity index (χ1) is 23.8. The summed E-state index contributed by atoms with van der Waals surface area (Å²) in [5.41, 5.74) is -5.03. The maximum atomic E-state index is 14.0. The molecule has 50 heavy (non-hydrogen) atoms. The first-order valence-corrected chi connectivity index (χ1v) is 18.0. The van der Waals surface area contributed by atoms with Gasteiger partial charge in [0.2, 0.25) is 11.8 Å². The van der Waals surface area contributed by atoms with Gasteiger partial charge in [-0.1, -0.05) is 26.0 Å². The van der Waals surface area contributed by atoms with Crippen molar-refractivity contribution in [1.29, 1.82) is 0 Å². The van der Waals surface area contributed by atoms with E-state index in [2.05, 4.69) is 4.90 Å². The van der Waals surface area contributed by atoms with Crippen molar-refractivity contribution < 1.29 is 53.4 Å². The number of hydrogen-bond acceptors (Lipinski definition) is 12. The second kappa shape index (κ2) is 11.3. The van der Waals surface area contributed by atoms with Gasteiger partial charge in [-0.3, -0.25) is 19.3 Å². The van der Waals surface area contributed by atoms with Crippen LogP contribution in [0.25, 0.3) is 0 Å². The molecule has 0 aromatic heterocycles. The minimum atomic E-state index is -1.90. The predicted molar refractivity (Wildman–Crippen MR) is 174 cm³/mol. The van der Waals surface area contributed by atoms with Crippen molar-refractivity contribution in [2.75, 3.05) is 38.8 Å². The van der Waals surface area contributed by atoms with Crippen LogP contribution in [0.2, 0.25) is 0 Å². The van der Waals surface area contributed by atoms with Gasteiger partial charge in [0.05, 0.1) is 42.2 Å². The molecule has 13 heteroatoms. The van der Waals surface area contributed by atoms with Crippen LogP contribution in [0.1, 0.15) is 63.2 Å². The van der Waals surface area contributed by atoms with Gasteiger partial charge < -0.3 is 34.3 Å². The third-order valence-corrected chi connectivity index (χ3v) is 14.3. The maximum Gasteiger partial charge on any atom is 0.340 e. The minimum absolute atomic E-state index is 0.0360. The Hall–Kier alpha value is -2.94. The number of piperidine rings is 1. The molecule has 7 bridgehead atoms. The molecule has 8 rings (SSSR count). The average Bonchev–Trinajstić information content (AvgIpc) is 3.58. The van der Waals surface area contributed by atoms with Crippen LogP contribution >= 0.6 is 0 Å². The highest BCUT2D eigenvalue weighted by molar-refractivity contribution is 6.22. The van der Waals surface area contributed by atoms with E-state index in [1.165, 1.54) is 14.0 Å².